The minimum absolute atomic E-state index is 0.164. The summed E-state index contributed by atoms with van der Waals surface area (Å²) in [4.78, 5) is 4.69. The zero-order valence-electron chi connectivity index (χ0n) is 11.5. The zero-order valence-corrected chi connectivity index (χ0v) is 11.5. The maximum absolute atomic E-state index is 5.81. The number of nitrogens with two attached hydrogens (primary N) is 1. The fourth-order valence-electron chi connectivity index (χ4n) is 2.13. The normalized spacial score (nSPS) is 13.4. The van der Waals surface area contributed by atoms with Crippen LogP contribution < -0.4 is 5.73 Å². The van der Waals surface area contributed by atoms with Crippen molar-refractivity contribution in [2.24, 2.45) is 0 Å². The molecule has 0 bridgehead atoms. The highest BCUT2D eigenvalue weighted by atomic mass is 16.5. The van der Waals surface area contributed by atoms with Crippen LogP contribution in [0.15, 0.2) is 18.2 Å². The van der Waals surface area contributed by atoms with E-state index in [4.69, 9.17) is 10.5 Å². The molecule has 0 fully saturated rings. The van der Waals surface area contributed by atoms with Crippen LogP contribution in [0.1, 0.15) is 32.5 Å². The number of benzene rings is 1. The average molecular weight is 247 g/mol. The Balaban J connectivity index is 2.55. The van der Waals surface area contributed by atoms with Crippen molar-refractivity contribution in [1.82, 2.24) is 9.55 Å². The first kappa shape index (κ1) is 12.9. The van der Waals surface area contributed by atoms with Crippen molar-refractivity contribution in [2.45, 2.75) is 39.3 Å². The smallest absolute Gasteiger partial charge is 0.112 e. The monoisotopic (exact) mass is 247 g/mol. The van der Waals surface area contributed by atoms with E-state index in [9.17, 15) is 0 Å². The van der Waals surface area contributed by atoms with E-state index >= 15 is 0 Å². The van der Waals surface area contributed by atoms with Gasteiger partial charge in [-0.15, -0.1) is 0 Å². The molecule has 4 heteroatoms. The number of hydrogen-bond donors (Lipinski definition) is 1. The second kappa shape index (κ2) is 4.98. The van der Waals surface area contributed by atoms with E-state index in [0.717, 1.165) is 29.1 Å². The van der Waals surface area contributed by atoms with Gasteiger partial charge in [0.25, 0.3) is 0 Å². The summed E-state index contributed by atoms with van der Waals surface area (Å²) in [5.74, 6) is 1.46. The van der Waals surface area contributed by atoms with Crippen molar-refractivity contribution in [3.05, 3.63) is 24.0 Å². The highest BCUT2D eigenvalue weighted by Gasteiger charge is 2.15. The van der Waals surface area contributed by atoms with Gasteiger partial charge < -0.3 is 15.0 Å². The van der Waals surface area contributed by atoms with Gasteiger partial charge in [-0.1, -0.05) is 13.8 Å². The van der Waals surface area contributed by atoms with Crippen LogP contribution in [0.5, 0.6) is 0 Å². The van der Waals surface area contributed by atoms with E-state index < -0.39 is 0 Å². The van der Waals surface area contributed by atoms with Crippen molar-refractivity contribution in [3.63, 3.8) is 0 Å². The largest absolute Gasteiger partial charge is 0.399 e. The molecule has 0 aliphatic heterocycles. The van der Waals surface area contributed by atoms with Crippen LogP contribution in [-0.2, 0) is 11.3 Å². The summed E-state index contributed by atoms with van der Waals surface area (Å²) < 4.78 is 7.59. The number of ether oxygens (including phenoxy) is 1. The molecule has 0 spiro atoms. The second-order valence-corrected chi connectivity index (χ2v) is 5.03. The van der Waals surface area contributed by atoms with Crippen molar-refractivity contribution in [1.29, 1.82) is 0 Å². The molecular weight excluding hydrogens is 226 g/mol. The molecule has 1 atom stereocenters. The molecule has 2 rings (SSSR count). The SMILES string of the molecule is COC(C)Cn1c(C(C)C)nc2cc(N)ccc21. The molecule has 2 aromatic rings. The molecular formula is C14H21N3O. The number of nitrogen functional groups attached to an aromatic ring is 1. The van der Waals surface area contributed by atoms with Crippen molar-refractivity contribution in [3.8, 4) is 0 Å². The fourth-order valence-corrected chi connectivity index (χ4v) is 2.13. The van der Waals surface area contributed by atoms with E-state index in [-0.39, 0.29) is 6.10 Å². The first-order valence-corrected chi connectivity index (χ1v) is 6.31. The predicted molar refractivity (Wildman–Crippen MR) is 74.7 cm³/mol. The number of nitrogens with zero attached hydrogens (tertiary/aromatic N) is 2. The summed E-state index contributed by atoms with van der Waals surface area (Å²) >= 11 is 0. The van der Waals surface area contributed by atoms with Gasteiger partial charge in [0.1, 0.15) is 5.82 Å². The highest BCUT2D eigenvalue weighted by Crippen LogP contribution is 2.24. The Morgan fingerprint density at radius 2 is 2.06 bits per heavy atom. The molecule has 98 valence electrons. The van der Waals surface area contributed by atoms with E-state index in [0.29, 0.717) is 5.92 Å². The van der Waals surface area contributed by atoms with Gasteiger partial charge in [-0.05, 0) is 25.1 Å². The first-order valence-electron chi connectivity index (χ1n) is 6.31. The summed E-state index contributed by atoms with van der Waals surface area (Å²) in [5, 5.41) is 0. The molecule has 0 radical (unpaired) electrons. The Morgan fingerprint density at radius 1 is 1.33 bits per heavy atom. The minimum Gasteiger partial charge on any atom is -0.399 e. The average Bonchev–Trinajstić information content (AvgIpc) is 2.67. The number of fused-ring (bicyclic) bond motifs is 1. The Morgan fingerprint density at radius 3 is 2.67 bits per heavy atom. The molecule has 0 aliphatic rings. The molecule has 0 saturated carbocycles. The van der Waals surface area contributed by atoms with Crippen LogP contribution in [0.4, 0.5) is 5.69 Å². The van der Waals surface area contributed by atoms with Gasteiger partial charge in [-0.2, -0.15) is 0 Å². The number of hydrogen-bond acceptors (Lipinski definition) is 3. The summed E-state index contributed by atoms with van der Waals surface area (Å²) in [6, 6.07) is 5.88. The lowest BCUT2D eigenvalue weighted by Gasteiger charge is -2.15. The van der Waals surface area contributed by atoms with Crippen LogP contribution in [0, 0.1) is 0 Å². The third-order valence-electron chi connectivity index (χ3n) is 3.16. The lowest BCUT2D eigenvalue weighted by Crippen LogP contribution is -2.17. The standard InChI is InChI=1S/C14H21N3O/c1-9(2)14-16-12-7-11(15)5-6-13(12)17(14)8-10(3)18-4/h5-7,9-10H,8,15H2,1-4H3. The van der Waals surface area contributed by atoms with Crippen LogP contribution >= 0.6 is 0 Å². The van der Waals surface area contributed by atoms with E-state index in [1.807, 2.05) is 18.2 Å². The number of anilines is 1. The first-order chi connectivity index (χ1) is 8.52. The topological polar surface area (TPSA) is 53.1 Å². The summed E-state index contributed by atoms with van der Waals surface area (Å²) in [6.45, 7) is 7.18. The summed E-state index contributed by atoms with van der Waals surface area (Å²) in [7, 11) is 1.73. The third-order valence-corrected chi connectivity index (χ3v) is 3.16. The minimum atomic E-state index is 0.164. The molecule has 1 aromatic carbocycles. The van der Waals surface area contributed by atoms with Crippen molar-refractivity contribution < 1.29 is 4.74 Å². The van der Waals surface area contributed by atoms with Gasteiger partial charge in [-0.25, -0.2) is 4.98 Å². The molecule has 0 aliphatic carbocycles. The highest BCUT2D eigenvalue weighted by molar-refractivity contribution is 5.79. The van der Waals surface area contributed by atoms with Gasteiger partial charge >= 0.3 is 0 Å². The van der Waals surface area contributed by atoms with Gasteiger partial charge in [0.05, 0.1) is 23.7 Å². The van der Waals surface area contributed by atoms with Gasteiger partial charge in [-0.3, -0.25) is 0 Å². The van der Waals surface area contributed by atoms with Gasteiger partial charge in [0.2, 0.25) is 0 Å². The van der Waals surface area contributed by atoms with E-state index in [2.05, 4.69) is 30.3 Å². The van der Waals surface area contributed by atoms with Crippen molar-refractivity contribution in [2.75, 3.05) is 12.8 Å². The van der Waals surface area contributed by atoms with Crippen LogP contribution in [0.2, 0.25) is 0 Å². The predicted octanol–water partition coefficient (Wildman–Crippen LogP) is 2.78. The van der Waals surface area contributed by atoms with E-state index in [1.54, 1.807) is 7.11 Å². The molecule has 2 N–H and O–H groups in total. The molecule has 4 nitrogen and oxygen atoms in total. The quantitative estimate of drug-likeness (QED) is 0.845. The van der Waals surface area contributed by atoms with Crippen LogP contribution in [0.3, 0.4) is 0 Å². The van der Waals surface area contributed by atoms with Crippen LogP contribution in [-0.4, -0.2) is 22.8 Å². The molecule has 0 amide bonds. The Hall–Kier alpha value is -1.55. The molecule has 1 heterocycles. The van der Waals surface area contributed by atoms with Crippen LogP contribution in [0.25, 0.3) is 11.0 Å². The zero-order chi connectivity index (χ0) is 13.3. The number of imidazole rings is 1. The summed E-state index contributed by atoms with van der Waals surface area (Å²) in [6.07, 6.45) is 0.164. The third kappa shape index (κ3) is 2.34. The Bertz CT molecular complexity index is 545. The van der Waals surface area contributed by atoms with E-state index in [1.165, 1.54) is 0 Å². The Kier molecular flexibility index (Phi) is 3.57. The molecule has 18 heavy (non-hydrogen) atoms. The summed E-state index contributed by atoms with van der Waals surface area (Å²) in [5.41, 5.74) is 8.65. The maximum atomic E-state index is 5.81. The van der Waals surface area contributed by atoms with Gasteiger partial charge in [0, 0.05) is 18.7 Å². The van der Waals surface area contributed by atoms with Gasteiger partial charge in [0.15, 0.2) is 0 Å². The molecule has 1 unspecified atom stereocenters. The number of rotatable bonds is 4. The number of aromatic nitrogens is 2. The maximum Gasteiger partial charge on any atom is 0.112 e. The second-order valence-electron chi connectivity index (χ2n) is 5.03. The number of methoxy groups -OCH3 is 1. The lowest BCUT2D eigenvalue weighted by molar-refractivity contribution is 0.103. The Labute approximate surface area is 108 Å². The molecule has 0 saturated heterocycles. The lowest BCUT2D eigenvalue weighted by atomic mass is 10.2. The molecule has 1 aromatic heterocycles. The fraction of sp³-hybridized carbons (Fsp3) is 0.500. The van der Waals surface area contributed by atoms with Crippen molar-refractivity contribution >= 4 is 16.7 Å².